The largest absolute Gasteiger partial charge is 0.381 e. The van der Waals surface area contributed by atoms with E-state index >= 15 is 0 Å². The first-order valence-corrected chi connectivity index (χ1v) is 10.7. The number of benzene rings is 2. The van der Waals surface area contributed by atoms with Gasteiger partial charge in [0.2, 0.25) is 0 Å². The monoisotopic (exact) mass is 390 g/mol. The van der Waals surface area contributed by atoms with E-state index in [4.69, 9.17) is 4.74 Å². The van der Waals surface area contributed by atoms with Crippen LogP contribution in [0.2, 0.25) is 0 Å². The van der Waals surface area contributed by atoms with Gasteiger partial charge >= 0.3 is 0 Å². The van der Waals surface area contributed by atoms with Crippen molar-refractivity contribution in [1.29, 1.82) is 0 Å². The Kier molecular flexibility index (Phi) is 5.72. The minimum atomic E-state index is -0.0413. The van der Waals surface area contributed by atoms with E-state index in [1.807, 2.05) is 23.1 Å². The van der Waals surface area contributed by atoms with Gasteiger partial charge in [0, 0.05) is 54.5 Å². The van der Waals surface area contributed by atoms with E-state index in [1.54, 1.807) is 0 Å². The predicted octanol–water partition coefficient (Wildman–Crippen LogP) is 5.24. The molecular formula is C25H30N2O2. The van der Waals surface area contributed by atoms with Crippen LogP contribution in [0.15, 0.2) is 48.5 Å². The summed E-state index contributed by atoms with van der Waals surface area (Å²) >= 11 is 0. The molecule has 152 valence electrons. The lowest BCUT2D eigenvalue weighted by atomic mass is 9.95. The summed E-state index contributed by atoms with van der Waals surface area (Å²) in [5.74, 6) is 0.131. The van der Waals surface area contributed by atoms with E-state index in [1.165, 1.54) is 22.2 Å². The Bertz CT molecular complexity index is 1020. The minimum absolute atomic E-state index is 0.0413. The van der Waals surface area contributed by atoms with Gasteiger partial charge in [-0.2, -0.15) is 0 Å². The number of aromatic nitrogens is 1. The van der Waals surface area contributed by atoms with Crippen LogP contribution in [0.4, 0.5) is 0 Å². The van der Waals surface area contributed by atoms with Gasteiger partial charge in [-0.05, 0) is 37.5 Å². The van der Waals surface area contributed by atoms with Crippen LogP contribution in [0.25, 0.3) is 10.9 Å². The van der Waals surface area contributed by atoms with Crippen molar-refractivity contribution in [3.63, 3.8) is 0 Å². The van der Waals surface area contributed by atoms with Crippen LogP contribution in [0.3, 0.4) is 0 Å². The second kappa shape index (κ2) is 8.42. The van der Waals surface area contributed by atoms with E-state index in [0.29, 0.717) is 13.2 Å². The summed E-state index contributed by atoms with van der Waals surface area (Å²) in [7, 11) is 2.11. The summed E-state index contributed by atoms with van der Waals surface area (Å²) in [6.07, 6.45) is 3.08. The first-order valence-electron chi connectivity index (χ1n) is 10.7. The van der Waals surface area contributed by atoms with Gasteiger partial charge in [0.15, 0.2) is 0 Å². The molecule has 0 saturated carbocycles. The number of ether oxygens (including phenoxy) is 1. The molecule has 4 heteroatoms. The van der Waals surface area contributed by atoms with E-state index in [2.05, 4.69) is 55.8 Å². The maximum absolute atomic E-state index is 13.3. The standard InChI is InChI=1S/C25H30N2O2/c1-4-5-16-29-17-10-15-27-24(19-11-6-7-12-20(19)25(27)28)23-18(2)26(3)22-14-9-8-13-21(22)23/h6-9,11-14,24H,4-5,10,15-17H2,1-3H3/t24-/m1/s1. The molecule has 0 bridgehead atoms. The summed E-state index contributed by atoms with van der Waals surface area (Å²) in [6, 6.07) is 16.5. The number of amides is 1. The van der Waals surface area contributed by atoms with Crippen LogP contribution in [0, 0.1) is 6.92 Å². The zero-order valence-electron chi connectivity index (χ0n) is 17.6. The molecular weight excluding hydrogens is 360 g/mol. The second-order valence-electron chi connectivity index (χ2n) is 7.88. The molecule has 29 heavy (non-hydrogen) atoms. The zero-order chi connectivity index (χ0) is 20.4. The highest BCUT2D eigenvalue weighted by Crippen LogP contribution is 2.43. The number of para-hydroxylation sites is 1. The lowest BCUT2D eigenvalue weighted by molar-refractivity contribution is 0.0709. The third-order valence-corrected chi connectivity index (χ3v) is 6.11. The first-order chi connectivity index (χ1) is 14.1. The molecule has 0 radical (unpaired) electrons. The van der Waals surface area contributed by atoms with Gasteiger partial charge in [-0.3, -0.25) is 4.79 Å². The molecule has 0 spiro atoms. The molecule has 1 atom stereocenters. The molecule has 0 fully saturated rings. The Morgan fingerprint density at radius 3 is 2.55 bits per heavy atom. The summed E-state index contributed by atoms with van der Waals surface area (Å²) in [5.41, 5.74) is 5.61. The van der Waals surface area contributed by atoms with E-state index in [0.717, 1.165) is 37.0 Å². The number of nitrogens with zero attached hydrogens (tertiary/aromatic N) is 2. The van der Waals surface area contributed by atoms with Gasteiger partial charge in [0.1, 0.15) is 0 Å². The van der Waals surface area contributed by atoms with Crippen molar-refractivity contribution in [2.24, 2.45) is 7.05 Å². The van der Waals surface area contributed by atoms with E-state index in [9.17, 15) is 4.79 Å². The number of carbonyl (C=O) groups excluding carboxylic acids is 1. The van der Waals surface area contributed by atoms with E-state index in [-0.39, 0.29) is 11.9 Å². The van der Waals surface area contributed by atoms with Crippen LogP contribution in [0.5, 0.6) is 0 Å². The fourth-order valence-electron chi connectivity index (χ4n) is 4.49. The molecule has 2 heterocycles. The fraction of sp³-hybridized carbons (Fsp3) is 0.400. The Hall–Kier alpha value is -2.59. The molecule has 0 unspecified atom stereocenters. The van der Waals surface area contributed by atoms with Crippen LogP contribution < -0.4 is 0 Å². The van der Waals surface area contributed by atoms with Crippen LogP contribution in [-0.2, 0) is 11.8 Å². The topological polar surface area (TPSA) is 34.5 Å². The normalized spacial score (nSPS) is 16.0. The third-order valence-electron chi connectivity index (χ3n) is 6.11. The van der Waals surface area contributed by atoms with Crippen molar-refractivity contribution in [2.75, 3.05) is 19.8 Å². The molecule has 1 aromatic heterocycles. The quantitative estimate of drug-likeness (QED) is 0.493. The number of hydrogen-bond acceptors (Lipinski definition) is 2. The van der Waals surface area contributed by atoms with Crippen LogP contribution in [0.1, 0.15) is 59.4 Å². The summed E-state index contributed by atoms with van der Waals surface area (Å²) in [5, 5.41) is 1.23. The molecule has 1 amide bonds. The Balaban J connectivity index is 1.69. The second-order valence-corrected chi connectivity index (χ2v) is 7.88. The fourth-order valence-corrected chi connectivity index (χ4v) is 4.49. The summed E-state index contributed by atoms with van der Waals surface area (Å²) in [4.78, 5) is 15.3. The third kappa shape index (κ3) is 3.46. The van der Waals surface area contributed by atoms with Crippen molar-refractivity contribution < 1.29 is 9.53 Å². The van der Waals surface area contributed by atoms with Gasteiger partial charge in [-0.15, -0.1) is 0 Å². The Labute approximate surface area is 173 Å². The van der Waals surface area contributed by atoms with E-state index < -0.39 is 0 Å². The van der Waals surface area contributed by atoms with Gasteiger partial charge in [0.05, 0.1) is 6.04 Å². The predicted molar refractivity (Wildman–Crippen MR) is 117 cm³/mol. The van der Waals surface area contributed by atoms with Gasteiger partial charge in [0.25, 0.3) is 5.91 Å². The molecule has 1 aliphatic rings. The first kappa shape index (κ1) is 19.7. The highest BCUT2D eigenvalue weighted by atomic mass is 16.5. The highest BCUT2D eigenvalue weighted by Gasteiger charge is 2.39. The number of fused-ring (bicyclic) bond motifs is 2. The number of hydrogen-bond donors (Lipinski definition) is 0. The molecule has 0 saturated heterocycles. The van der Waals surface area contributed by atoms with Crippen molar-refractivity contribution in [2.45, 2.75) is 39.2 Å². The maximum Gasteiger partial charge on any atom is 0.255 e. The number of rotatable bonds is 8. The molecule has 4 rings (SSSR count). The molecule has 0 aliphatic carbocycles. The van der Waals surface area contributed by atoms with Crippen LogP contribution in [-0.4, -0.2) is 35.1 Å². The van der Waals surface area contributed by atoms with Crippen molar-refractivity contribution >= 4 is 16.8 Å². The van der Waals surface area contributed by atoms with Crippen molar-refractivity contribution in [3.8, 4) is 0 Å². The number of aryl methyl sites for hydroxylation is 1. The lowest BCUT2D eigenvalue weighted by Gasteiger charge is -2.26. The Morgan fingerprint density at radius 1 is 1.00 bits per heavy atom. The van der Waals surface area contributed by atoms with Gasteiger partial charge < -0.3 is 14.2 Å². The molecule has 2 aromatic carbocycles. The van der Waals surface area contributed by atoms with Gasteiger partial charge in [-0.1, -0.05) is 49.7 Å². The summed E-state index contributed by atoms with van der Waals surface area (Å²) < 4.78 is 7.98. The Morgan fingerprint density at radius 2 is 1.72 bits per heavy atom. The zero-order valence-corrected chi connectivity index (χ0v) is 17.6. The van der Waals surface area contributed by atoms with Gasteiger partial charge in [-0.25, -0.2) is 0 Å². The number of carbonyl (C=O) groups is 1. The lowest BCUT2D eigenvalue weighted by Crippen LogP contribution is -2.30. The number of unbranched alkanes of at least 4 members (excludes halogenated alkanes) is 1. The average molecular weight is 391 g/mol. The molecule has 1 aliphatic heterocycles. The molecule has 3 aromatic rings. The SMILES string of the molecule is CCCCOCCCN1C(=O)c2ccccc2[C@@H]1c1c(C)n(C)c2ccccc12. The van der Waals surface area contributed by atoms with Crippen LogP contribution >= 0.6 is 0 Å². The average Bonchev–Trinajstić information content (AvgIpc) is 3.16. The smallest absolute Gasteiger partial charge is 0.255 e. The van der Waals surface area contributed by atoms with Crippen molar-refractivity contribution in [1.82, 2.24) is 9.47 Å². The highest BCUT2D eigenvalue weighted by molar-refractivity contribution is 6.01. The minimum Gasteiger partial charge on any atom is -0.381 e. The summed E-state index contributed by atoms with van der Waals surface area (Å²) in [6.45, 7) is 6.53. The molecule has 4 nitrogen and oxygen atoms in total. The maximum atomic E-state index is 13.3. The van der Waals surface area contributed by atoms with Crippen molar-refractivity contribution in [3.05, 3.63) is 70.9 Å². The molecule has 0 N–H and O–H groups in total.